The number of benzene rings is 1. The van der Waals surface area contributed by atoms with Gasteiger partial charge in [0.05, 0.1) is 0 Å². The molecule has 2 fully saturated rings. The van der Waals surface area contributed by atoms with Crippen LogP contribution in [-0.4, -0.2) is 13.4 Å². The SMILES string of the molecule is CNC(c1ccccc1OC(F)(F)F)C1CC2CCC1C2. The molecule has 0 aliphatic heterocycles. The molecule has 0 heterocycles. The number of ether oxygens (including phenoxy) is 1. The van der Waals surface area contributed by atoms with Crippen molar-refractivity contribution in [1.29, 1.82) is 0 Å². The molecule has 116 valence electrons. The third-order valence-electron chi connectivity index (χ3n) is 5.01. The van der Waals surface area contributed by atoms with Crippen LogP contribution in [0.2, 0.25) is 0 Å². The molecule has 2 nitrogen and oxygen atoms in total. The van der Waals surface area contributed by atoms with E-state index < -0.39 is 6.36 Å². The van der Waals surface area contributed by atoms with Crippen LogP contribution in [0.15, 0.2) is 24.3 Å². The molecule has 4 unspecified atom stereocenters. The molecule has 4 atom stereocenters. The maximum atomic E-state index is 12.6. The van der Waals surface area contributed by atoms with E-state index in [4.69, 9.17) is 0 Å². The third-order valence-corrected chi connectivity index (χ3v) is 5.01. The summed E-state index contributed by atoms with van der Waals surface area (Å²) in [5, 5.41) is 3.22. The molecule has 5 heteroatoms. The lowest BCUT2D eigenvalue weighted by atomic mass is 9.80. The normalized spacial score (nSPS) is 29.6. The molecular formula is C16H20F3NO. The lowest BCUT2D eigenvalue weighted by Crippen LogP contribution is -2.30. The molecule has 1 aromatic carbocycles. The second kappa shape index (κ2) is 5.52. The molecule has 0 aromatic heterocycles. The number of hydrogen-bond acceptors (Lipinski definition) is 2. The summed E-state index contributed by atoms with van der Waals surface area (Å²) < 4.78 is 41.9. The van der Waals surface area contributed by atoms with E-state index in [0.717, 1.165) is 12.3 Å². The van der Waals surface area contributed by atoms with Gasteiger partial charge in [-0.1, -0.05) is 24.6 Å². The Morgan fingerprint density at radius 3 is 2.52 bits per heavy atom. The molecule has 2 bridgehead atoms. The van der Waals surface area contributed by atoms with Crippen molar-refractivity contribution in [3.63, 3.8) is 0 Å². The molecule has 3 rings (SSSR count). The second-order valence-electron chi connectivity index (χ2n) is 6.19. The average molecular weight is 299 g/mol. The first-order valence-corrected chi connectivity index (χ1v) is 7.50. The lowest BCUT2D eigenvalue weighted by molar-refractivity contribution is -0.275. The number of halogens is 3. The summed E-state index contributed by atoms with van der Waals surface area (Å²) in [6.07, 6.45) is 0.166. The van der Waals surface area contributed by atoms with Crippen molar-refractivity contribution in [3.05, 3.63) is 29.8 Å². The minimum Gasteiger partial charge on any atom is -0.405 e. The highest BCUT2D eigenvalue weighted by Gasteiger charge is 2.44. The molecule has 0 amide bonds. The van der Waals surface area contributed by atoms with Crippen molar-refractivity contribution >= 4 is 0 Å². The second-order valence-corrected chi connectivity index (χ2v) is 6.19. The van der Waals surface area contributed by atoms with E-state index in [1.807, 2.05) is 7.05 Å². The smallest absolute Gasteiger partial charge is 0.405 e. The Hall–Kier alpha value is -1.23. The van der Waals surface area contributed by atoms with Crippen LogP contribution in [0.25, 0.3) is 0 Å². The number of fused-ring (bicyclic) bond motifs is 2. The highest BCUT2D eigenvalue weighted by atomic mass is 19.4. The molecule has 2 aliphatic carbocycles. The summed E-state index contributed by atoms with van der Waals surface area (Å²) in [6, 6.07) is 6.43. The molecule has 2 saturated carbocycles. The fourth-order valence-electron chi connectivity index (χ4n) is 4.26. The van der Waals surface area contributed by atoms with Gasteiger partial charge in [0.1, 0.15) is 5.75 Å². The Bertz CT molecular complexity index is 503. The summed E-state index contributed by atoms with van der Waals surface area (Å²) >= 11 is 0. The van der Waals surface area contributed by atoms with E-state index in [1.54, 1.807) is 18.2 Å². The van der Waals surface area contributed by atoms with Gasteiger partial charge in [0.15, 0.2) is 0 Å². The van der Waals surface area contributed by atoms with Gasteiger partial charge in [0, 0.05) is 11.6 Å². The number of alkyl halides is 3. The van der Waals surface area contributed by atoms with Gasteiger partial charge in [-0.25, -0.2) is 0 Å². The molecule has 0 spiro atoms. The Morgan fingerprint density at radius 1 is 1.19 bits per heavy atom. The summed E-state index contributed by atoms with van der Waals surface area (Å²) in [5.74, 6) is 1.72. The van der Waals surface area contributed by atoms with Crippen molar-refractivity contribution in [2.75, 3.05) is 7.05 Å². The fraction of sp³-hybridized carbons (Fsp3) is 0.625. The predicted molar refractivity (Wildman–Crippen MR) is 73.9 cm³/mol. The average Bonchev–Trinajstić information content (AvgIpc) is 3.02. The van der Waals surface area contributed by atoms with Crippen molar-refractivity contribution < 1.29 is 17.9 Å². The van der Waals surface area contributed by atoms with Gasteiger partial charge in [0.25, 0.3) is 0 Å². The Morgan fingerprint density at radius 2 is 1.95 bits per heavy atom. The summed E-state index contributed by atoms with van der Waals surface area (Å²) in [7, 11) is 1.82. The summed E-state index contributed by atoms with van der Waals surface area (Å²) in [6.45, 7) is 0. The standard InChI is InChI=1S/C16H20F3NO/c1-20-15(13-9-10-6-7-11(13)8-10)12-4-2-3-5-14(12)21-16(17,18)19/h2-5,10-11,13,15,20H,6-9H2,1H3. The highest BCUT2D eigenvalue weighted by Crippen LogP contribution is 2.53. The molecule has 1 N–H and O–H groups in total. The van der Waals surface area contributed by atoms with Crippen molar-refractivity contribution in [2.24, 2.45) is 17.8 Å². The number of hydrogen-bond donors (Lipinski definition) is 1. The van der Waals surface area contributed by atoms with Crippen LogP contribution in [0.1, 0.15) is 37.3 Å². The van der Waals surface area contributed by atoms with Crippen LogP contribution in [0.3, 0.4) is 0 Å². The largest absolute Gasteiger partial charge is 0.573 e. The minimum atomic E-state index is -4.65. The first kappa shape index (κ1) is 14.7. The molecule has 0 radical (unpaired) electrons. The van der Waals surface area contributed by atoms with Crippen molar-refractivity contribution in [1.82, 2.24) is 5.32 Å². The van der Waals surface area contributed by atoms with Gasteiger partial charge in [-0.3, -0.25) is 0 Å². The van der Waals surface area contributed by atoms with Crippen LogP contribution in [-0.2, 0) is 0 Å². The van der Waals surface area contributed by atoms with Crippen molar-refractivity contribution in [2.45, 2.75) is 38.1 Å². The number of nitrogens with one attached hydrogen (secondary N) is 1. The van der Waals surface area contributed by atoms with Crippen LogP contribution in [0.5, 0.6) is 5.75 Å². The minimum absolute atomic E-state index is 0.0705. The van der Waals surface area contributed by atoms with E-state index in [1.165, 1.54) is 25.3 Å². The van der Waals surface area contributed by atoms with E-state index in [2.05, 4.69) is 10.1 Å². The lowest BCUT2D eigenvalue weighted by Gasteiger charge is -2.31. The Labute approximate surface area is 122 Å². The van der Waals surface area contributed by atoms with Gasteiger partial charge in [-0.2, -0.15) is 0 Å². The topological polar surface area (TPSA) is 21.3 Å². The summed E-state index contributed by atoms with van der Waals surface area (Å²) in [4.78, 5) is 0. The maximum absolute atomic E-state index is 12.6. The van der Waals surface area contributed by atoms with Gasteiger partial charge in [-0.05, 0) is 50.1 Å². The monoisotopic (exact) mass is 299 g/mol. The zero-order valence-corrected chi connectivity index (χ0v) is 12.0. The van der Waals surface area contributed by atoms with Crippen LogP contribution in [0.4, 0.5) is 13.2 Å². The molecule has 1 aromatic rings. The van der Waals surface area contributed by atoms with E-state index in [9.17, 15) is 13.2 Å². The van der Waals surface area contributed by atoms with Crippen LogP contribution >= 0.6 is 0 Å². The quantitative estimate of drug-likeness (QED) is 0.896. The van der Waals surface area contributed by atoms with Gasteiger partial charge >= 0.3 is 6.36 Å². The zero-order valence-electron chi connectivity index (χ0n) is 12.0. The van der Waals surface area contributed by atoms with Gasteiger partial charge in [0.2, 0.25) is 0 Å². The number of para-hydroxylation sites is 1. The first-order valence-electron chi connectivity index (χ1n) is 7.50. The van der Waals surface area contributed by atoms with Gasteiger partial charge in [-0.15, -0.1) is 13.2 Å². The van der Waals surface area contributed by atoms with Crippen LogP contribution in [0, 0.1) is 17.8 Å². The highest BCUT2D eigenvalue weighted by molar-refractivity contribution is 5.37. The van der Waals surface area contributed by atoms with E-state index >= 15 is 0 Å². The first-order chi connectivity index (χ1) is 9.98. The van der Waals surface area contributed by atoms with E-state index in [-0.39, 0.29) is 11.8 Å². The summed E-state index contributed by atoms with van der Waals surface area (Å²) in [5.41, 5.74) is 0.620. The van der Waals surface area contributed by atoms with Crippen LogP contribution < -0.4 is 10.1 Å². The molecular weight excluding hydrogens is 279 g/mol. The fourth-order valence-corrected chi connectivity index (χ4v) is 4.26. The van der Waals surface area contributed by atoms with Gasteiger partial charge < -0.3 is 10.1 Å². The Balaban J connectivity index is 1.87. The molecule has 2 aliphatic rings. The molecule has 21 heavy (non-hydrogen) atoms. The van der Waals surface area contributed by atoms with E-state index in [0.29, 0.717) is 17.4 Å². The predicted octanol–water partition coefficient (Wildman–Crippen LogP) is 4.28. The molecule has 0 saturated heterocycles. The number of rotatable bonds is 4. The Kier molecular flexibility index (Phi) is 3.86. The maximum Gasteiger partial charge on any atom is 0.573 e. The zero-order chi connectivity index (χ0) is 15.0. The third kappa shape index (κ3) is 3.03. The van der Waals surface area contributed by atoms with Crippen molar-refractivity contribution in [3.8, 4) is 5.75 Å².